The number of pyridine rings is 1. The average molecular weight is 451 g/mol. The molecule has 33 heavy (non-hydrogen) atoms. The summed E-state index contributed by atoms with van der Waals surface area (Å²) in [5.41, 5.74) is 2.25. The van der Waals surface area contributed by atoms with E-state index in [1.165, 1.54) is 29.3 Å². The zero-order chi connectivity index (χ0) is 23.9. The van der Waals surface area contributed by atoms with Gasteiger partial charge >= 0.3 is 5.97 Å². The van der Waals surface area contributed by atoms with E-state index in [-0.39, 0.29) is 24.6 Å². The van der Waals surface area contributed by atoms with Crippen LogP contribution >= 0.6 is 0 Å². The zero-order valence-electron chi connectivity index (χ0n) is 19.0. The average Bonchev–Trinajstić information content (AvgIpc) is 3.12. The molecule has 3 heterocycles. The number of hydrogen-bond acceptors (Lipinski definition) is 5. The molecule has 1 aliphatic rings. The van der Waals surface area contributed by atoms with Gasteiger partial charge in [0.1, 0.15) is 17.6 Å². The van der Waals surface area contributed by atoms with E-state index in [9.17, 15) is 19.1 Å². The van der Waals surface area contributed by atoms with Crippen molar-refractivity contribution in [1.82, 2.24) is 14.9 Å². The Morgan fingerprint density at radius 1 is 1.33 bits per heavy atom. The molecule has 172 valence electrons. The number of amides is 1. The highest BCUT2D eigenvalue weighted by atomic mass is 19.1. The van der Waals surface area contributed by atoms with Crippen LogP contribution in [-0.2, 0) is 14.9 Å². The van der Waals surface area contributed by atoms with Crippen LogP contribution in [0.4, 0.5) is 4.39 Å². The highest BCUT2D eigenvalue weighted by Gasteiger charge is 2.38. The van der Waals surface area contributed by atoms with Crippen molar-refractivity contribution >= 4 is 28.5 Å². The lowest BCUT2D eigenvalue weighted by Crippen LogP contribution is -2.37. The molecule has 8 heteroatoms. The number of hydrogen-bond donors (Lipinski definition) is 2. The molecule has 4 rings (SSSR count). The molecule has 2 N–H and O–H groups in total. The fourth-order valence-corrected chi connectivity index (χ4v) is 4.21. The Labute approximate surface area is 190 Å². The lowest BCUT2D eigenvalue weighted by Gasteiger charge is -2.29. The SMILES string of the molecule is Cc1cc(C(=O)N2C=C(C(=O)OC(C)CO)c3[nH]c4ncccc4c3C(C)(C)C2)ccc1F. The molecule has 1 unspecified atom stereocenters. The highest BCUT2D eigenvalue weighted by molar-refractivity contribution is 6.18. The Morgan fingerprint density at radius 3 is 2.79 bits per heavy atom. The first-order valence-electron chi connectivity index (χ1n) is 10.7. The third kappa shape index (κ3) is 4.14. The van der Waals surface area contributed by atoms with Crippen molar-refractivity contribution in [2.45, 2.75) is 39.2 Å². The highest BCUT2D eigenvalue weighted by Crippen LogP contribution is 2.40. The Kier molecular flexibility index (Phi) is 5.80. The summed E-state index contributed by atoms with van der Waals surface area (Å²) >= 11 is 0. The third-order valence-electron chi connectivity index (χ3n) is 5.82. The van der Waals surface area contributed by atoms with Gasteiger partial charge in [0.15, 0.2) is 0 Å². The number of esters is 1. The molecular formula is C25H26FN3O4. The lowest BCUT2D eigenvalue weighted by atomic mass is 9.82. The minimum Gasteiger partial charge on any atom is -0.457 e. The molecule has 1 amide bonds. The summed E-state index contributed by atoms with van der Waals surface area (Å²) in [5.74, 6) is -1.43. The fourth-order valence-electron chi connectivity index (χ4n) is 4.21. The minimum absolute atomic E-state index is 0.154. The van der Waals surface area contributed by atoms with Crippen LogP contribution in [0, 0.1) is 12.7 Å². The molecule has 0 saturated heterocycles. The topological polar surface area (TPSA) is 95.5 Å². The van der Waals surface area contributed by atoms with Crippen molar-refractivity contribution in [1.29, 1.82) is 0 Å². The number of benzene rings is 1. The summed E-state index contributed by atoms with van der Waals surface area (Å²) in [4.78, 5) is 35.6. The number of nitrogens with one attached hydrogen (secondary N) is 1. The second kappa shape index (κ2) is 8.44. The largest absolute Gasteiger partial charge is 0.457 e. The maximum absolute atomic E-state index is 13.8. The van der Waals surface area contributed by atoms with E-state index in [2.05, 4.69) is 9.97 Å². The molecule has 7 nitrogen and oxygen atoms in total. The van der Waals surface area contributed by atoms with Gasteiger partial charge in [0.05, 0.1) is 17.9 Å². The molecule has 2 aromatic heterocycles. The van der Waals surface area contributed by atoms with Crippen molar-refractivity contribution in [3.8, 4) is 0 Å². The summed E-state index contributed by atoms with van der Waals surface area (Å²) in [6.07, 6.45) is 2.41. The number of rotatable bonds is 4. The van der Waals surface area contributed by atoms with Crippen LogP contribution in [0.1, 0.15) is 48.0 Å². The fraction of sp³-hybridized carbons (Fsp3) is 0.320. The van der Waals surface area contributed by atoms with Crippen LogP contribution in [0.5, 0.6) is 0 Å². The Hall–Kier alpha value is -3.52. The zero-order valence-corrected chi connectivity index (χ0v) is 19.0. The minimum atomic E-state index is -0.718. The number of ether oxygens (including phenoxy) is 1. The van der Waals surface area contributed by atoms with Gasteiger partial charge in [0.25, 0.3) is 5.91 Å². The number of carbonyl (C=O) groups is 2. The molecule has 3 aromatic rings. The molecule has 0 fully saturated rings. The number of carbonyl (C=O) groups excluding carboxylic acids is 2. The van der Waals surface area contributed by atoms with Gasteiger partial charge in [-0.05, 0) is 55.3 Å². The number of fused-ring (bicyclic) bond motifs is 3. The van der Waals surface area contributed by atoms with Gasteiger partial charge in [0, 0.05) is 35.3 Å². The molecule has 0 saturated carbocycles. The Morgan fingerprint density at radius 2 is 2.09 bits per heavy atom. The maximum atomic E-state index is 13.8. The number of halogens is 1. The first kappa shape index (κ1) is 22.7. The number of aromatic amines is 1. The molecule has 1 atom stereocenters. The van der Waals surface area contributed by atoms with Gasteiger partial charge in [-0.25, -0.2) is 14.2 Å². The van der Waals surface area contributed by atoms with Crippen LogP contribution in [0.2, 0.25) is 0 Å². The van der Waals surface area contributed by atoms with Crippen LogP contribution < -0.4 is 0 Å². The molecule has 0 bridgehead atoms. The summed E-state index contributed by atoms with van der Waals surface area (Å²) in [6.45, 7) is 7.09. The van der Waals surface area contributed by atoms with Gasteiger partial charge in [-0.3, -0.25) is 4.79 Å². The van der Waals surface area contributed by atoms with Crippen LogP contribution in [0.3, 0.4) is 0 Å². The molecular weight excluding hydrogens is 425 g/mol. The Balaban J connectivity index is 1.88. The van der Waals surface area contributed by atoms with Gasteiger partial charge in [-0.2, -0.15) is 0 Å². The standard InChI is InChI=1S/C25H26FN3O4/c1-14-10-16(7-8-19(14)26)23(31)29-11-18(24(32)33-15(2)12-30)21-20(25(3,4)13-29)17-6-5-9-27-22(17)28-21/h5-11,15,30H,12-13H2,1-4H3,(H,27,28). The summed E-state index contributed by atoms with van der Waals surface area (Å²) < 4.78 is 19.2. The monoisotopic (exact) mass is 451 g/mol. The number of aryl methyl sites for hydroxylation is 1. The van der Waals surface area contributed by atoms with Crippen LogP contribution in [0.15, 0.2) is 42.7 Å². The molecule has 0 aliphatic carbocycles. The van der Waals surface area contributed by atoms with E-state index in [0.29, 0.717) is 22.5 Å². The van der Waals surface area contributed by atoms with E-state index in [0.717, 1.165) is 10.9 Å². The van der Waals surface area contributed by atoms with Crippen molar-refractivity contribution in [2.24, 2.45) is 0 Å². The second-order valence-corrected chi connectivity index (χ2v) is 9.00. The van der Waals surface area contributed by atoms with Gasteiger partial charge in [-0.1, -0.05) is 13.8 Å². The van der Waals surface area contributed by atoms with Crippen molar-refractivity contribution in [3.05, 3.63) is 70.9 Å². The van der Waals surface area contributed by atoms with Crippen LogP contribution in [0.25, 0.3) is 16.6 Å². The van der Waals surface area contributed by atoms with E-state index in [1.807, 2.05) is 26.0 Å². The predicted octanol–water partition coefficient (Wildman–Crippen LogP) is 3.71. The number of H-pyrrole nitrogens is 1. The summed E-state index contributed by atoms with van der Waals surface area (Å²) in [5, 5.41) is 10.2. The second-order valence-electron chi connectivity index (χ2n) is 9.00. The Bertz CT molecular complexity index is 1280. The number of nitrogens with zero attached hydrogens (tertiary/aromatic N) is 2. The van der Waals surface area contributed by atoms with Gasteiger partial charge in [-0.15, -0.1) is 0 Å². The molecule has 1 aliphatic heterocycles. The number of aliphatic hydroxyl groups excluding tert-OH is 1. The molecule has 0 spiro atoms. The van der Waals surface area contributed by atoms with Gasteiger partial charge in [0.2, 0.25) is 0 Å². The molecule has 1 aromatic carbocycles. The van der Waals surface area contributed by atoms with Crippen molar-refractivity contribution in [3.63, 3.8) is 0 Å². The quantitative estimate of drug-likeness (QED) is 0.590. The first-order chi connectivity index (χ1) is 15.6. The maximum Gasteiger partial charge on any atom is 0.342 e. The first-order valence-corrected chi connectivity index (χ1v) is 10.7. The van der Waals surface area contributed by atoms with E-state index >= 15 is 0 Å². The summed E-state index contributed by atoms with van der Waals surface area (Å²) in [6, 6.07) is 7.92. The van der Waals surface area contributed by atoms with E-state index in [4.69, 9.17) is 4.74 Å². The van der Waals surface area contributed by atoms with Gasteiger partial charge < -0.3 is 19.7 Å². The van der Waals surface area contributed by atoms with Crippen molar-refractivity contribution in [2.75, 3.05) is 13.2 Å². The summed E-state index contributed by atoms with van der Waals surface area (Å²) in [7, 11) is 0. The number of aliphatic hydroxyl groups is 1. The van der Waals surface area contributed by atoms with E-state index in [1.54, 1.807) is 20.0 Å². The lowest BCUT2D eigenvalue weighted by molar-refractivity contribution is -0.142. The smallest absolute Gasteiger partial charge is 0.342 e. The van der Waals surface area contributed by atoms with Crippen LogP contribution in [-0.4, -0.2) is 51.1 Å². The molecule has 0 radical (unpaired) electrons. The van der Waals surface area contributed by atoms with E-state index < -0.39 is 23.3 Å². The van der Waals surface area contributed by atoms with Crippen molar-refractivity contribution < 1.29 is 23.8 Å². The third-order valence-corrected chi connectivity index (χ3v) is 5.82. The number of aromatic nitrogens is 2. The normalized spacial score (nSPS) is 16.1. The predicted molar refractivity (Wildman–Crippen MR) is 122 cm³/mol.